The topological polar surface area (TPSA) is 123 Å². The number of aromatic nitrogens is 1. The first-order valence-electron chi connectivity index (χ1n) is 6.77. The van der Waals surface area contributed by atoms with Crippen molar-refractivity contribution >= 4 is 23.4 Å². The number of nitro groups is 1. The van der Waals surface area contributed by atoms with Crippen molar-refractivity contribution in [1.82, 2.24) is 4.98 Å². The summed E-state index contributed by atoms with van der Waals surface area (Å²) in [6.07, 6.45) is 2.20. The first kappa shape index (κ1) is 15.7. The third-order valence-corrected chi connectivity index (χ3v) is 3.39. The van der Waals surface area contributed by atoms with Gasteiger partial charge in [-0.25, -0.2) is 14.6 Å². The summed E-state index contributed by atoms with van der Waals surface area (Å²) in [5, 5.41) is 20.6. The molecule has 1 saturated heterocycles. The average molecular weight is 309 g/mol. The van der Waals surface area contributed by atoms with E-state index in [1.54, 1.807) is 6.92 Å². The number of pyridine rings is 1. The van der Waals surface area contributed by atoms with E-state index in [0.717, 1.165) is 0 Å². The van der Waals surface area contributed by atoms with Crippen LogP contribution >= 0.6 is 0 Å². The summed E-state index contributed by atoms with van der Waals surface area (Å²) < 4.78 is 4.80. The Morgan fingerprint density at radius 2 is 2.32 bits per heavy atom. The van der Waals surface area contributed by atoms with Crippen molar-refractivity contribution in [1.29, 1.82) is 0 Å². The molecule has 0 bridgehead atoms. The Bertz CT molecular complexity index is 618. The molecule has 1 N–H and O–H groups in total. The van der Waals surface area contributed by atoms with Gasteiger partial charge in [0.15, 0.2) is 0 Å². The van der Waals surface area contributed by atoms with Crippen LogP contribution in [0.1, 0.15) is 30.1 Å². The first-order chi connectivity index (χ1) is 10.5. The maximum Gasteiger partial charge on any atom is 0.345 e. The molecular weight excluding hydrogens is 294 g/mol. The van der Waals surface area contributed by atoms with Crippen LogP contribution in [0.3, 0.4) is 0 Å². The molecule has 0 spiro atoms. The number of ether oxygens (including phenoxy) is 1. The number of rotatable bonds is 5. The number of aliphatic carboxylic acids is 1. The Morgan fingerprint density at radius 1 is 1.59 bits per heavy atom. The molecule has 1 aliphatic heterocycles. The van der Waals surface area contributed by atoms with Gasteiger partial charge >= 0.3 is 17.6 Å². The fourth-order valence-corrected chi connectivity index (χ4v) is 2.48. The minimum atomic E-state index is -1.07. The summed E-state index contributed by atoms with van der Waals surface area (Å²) in [4.78, 5) is 39.0. The first-order valence-corrected chi connectivity index (χ1v) is 6.77. The monoisotopic (exact) mass is 309 g/mol. The van der Waals surface area contributed by atoms with Crippen molar-refractivity contribution in [2.75, 3.05) is 18.1 Å². The number of carbonyl (C=O) groups excluding carboxylic acids is 1. The van der Waals surface area contributed by atoms with E-state index in [9.17, 15) is 24.8 Å². The van der Waals surface area contributed by atoms with Gasteiger partial charge in [-0.15, -0.1) is 0 Å². The van der Waals surface area contributed by atoms with Gasteiger partial charge in [-0.2, -0.15) is 0 Å². The lowest BCUT2D eigenvalue weighted by atomic mass is 10.2. The smallest absolute Gasteiger partial charge is 0.345 e. The van der Waals surface area contributed by atoms with Crippen LogP contribution in [0, 0.1) is 10.1 Å². The zero-order valence-corrected chi connectivity index (χ0v) is 11.9. The van der Waals surface area contributed by atoms with Crippen molar-refractivity contribution in [3.05, 3.63) is 27.9 Å². The van der Waals surface area contributed by atoms with Gasteiger partial charge in [0.1, 0.15) is 11.6 Å². The van der Waals surface area contributed by atoms with Crippen molar-refractivity contribution in [3.63, 3.8) is 0 Å². The number of carboxylic acids is 1. The second-order valence-electron chi connectivity index (χ2n) is 4.70. The highest BCUT2D eigenvalue weighted by Crippen LogP contribution is 2.34. The van der Waals surface area contributed by atoms with Gasteiger partial charge in [-0.3, -0.25) is 10.1 Å². The van der Waals surface area contributed by atoms with Crippen LogP contribution in [0.4, 0.5) is 11.5 Å². The normalized spacial score (nSPS) is 17.3. The van der Waals surface area contributed by atoms with E-state index in [1.807, 2.05) is 0 Å². The molecular formula is C13H15N3O6. The molecule has 1 aliphatic rings. The number of carboxylic acid groups (broad SMARTS) is 1. The van der Waals surface area contributed by atoms with Gasteiger partial charge < -0.3 is 14.7 Å². The third kappa shape index (κ3) is 2.83. The van der Waals surface area contributed by atoms with E-state index in [2.05, 4.69) is 4.98 Å². The SMILES string of the molecule is CCOC(=O)c1ccnc(N2CCCC2C(=O)O)c1[N+](=O)[O-]. The second-order valence-corrected chi connectivity index (χ2v) is 4.70. The maximum atomic E-state index is 11.9. The minimum Gasteiger partial charge on any atom is -0.480 e. The fraction of sp³-hybridized carbons (Fsp3) is 0.462. The molecule has 9 heteroatoms. The predicted octanol–water partition coefficient (Wildman–Crippen LogP) is 1.22. The minimum absolute atomic E-state index is 0.0785. The summed E-state index contributed by atoms with van der Waals surface area (Å²) in [5.74, 6) is -2.01. The summed E-state index contributed by atoms with van der Waals surface area (Å²) in [5.41, 5.74) is -0.748. The number of hydrogen-bond donors (Lipinski definition) is 1. The molecule has 0 radical (unpaired) electrons. The highest BCUT2D eigenvalue weighted by atomic mass is 16.6. The Hall–Kier alpha value is -2.71. The van der Waals surface area contributed by atoms with Crippen LogP contribution in [-0.2, 0) is 9.53 Å². The van der Waals surface area contributed by atoms with E-state index >= 15 is 0 Å². The molecule has 1 aromatic rings. The summed E-state index contributed by atoms with van der Waals surface area (Å²) in [6.45, 7) is 2.00. The molecule has 1 unspecified atom stereocenters. The lowest BCUT2D eigenvalue weighted by molar-refractivity contribution is -0.384. The van der Waals surface area contributed by atoms with Gasteiger partial charge in [0.05, 0.1) is 11.5 Å². The third-order valence-electron chi connectivity index (χ3n) is 3.39. The van der Waals surface area contributed by atoms with Crippen LogP contribution in [0.2, 0.25) is 0 Å². The Labute approximate surface area is 125 Å². The van der Waals surface area contributed by atoms with Gasteiger partial charge in [0.2, 0.25) is 5.82 Å². The van der Waals surface area contributed by atoms with E-state index < -0.39 is 28.6 Å². The van der Waals surface area contributed by atoms with Crippen LogP contribution in [0.5, 0.6) is 0 Å². The molecule has 0 aliphatic carbocycles. The Balaban J connectivity index is 2.52. The number of nitrogens with zero attached hydrogens (tertiary/aromatic N) is 3. The highest BCUT2D eigenvalue weighted by molar-refractivity contribution is 5.96. The van der Waals surface area contributed by atoms with Crippen LogP contribution in [0.25, 0.3) is 0 Å². The molecule has 1 aromatic heterocycles. The molecule has 0 saturated carbocycles. The summed E-state index contributed by atoms with van der Waals surface area (Å²) in [7, 11) is 0. The van der Waals surface area contributed by atoms with Gasteiger partial charge in [-0.05, 0) is 25.8 Å². The van der Waals surface area contributed by atoms with Crippen LogP contribution < -0.4 is 4.90 Å². The van der Waals surface area contributed by atoms with E-state index in [4.69, 9.17) is 4.74 Å². The van der Waals surface area contributed by atoms with E-state index in [0.29, 0.717) is 19.4 Å². The molecule has 2 rings (SSSR count). The van der Waals surface area contributed by atoms with Crippen molar-refractivity contribution in [3.8, 4) is 0 Å². The molecule has 1 fully saturated rings. The summed E-state index contributed by atoms with van der Waals surface area (Å²) >= 11 is 0. The average Bonchev–Trinajstić information content (AvgIpc) is 2.96. The maximum absolute atomic E-state index is 11.9. The zero-order valence-electron chi connectivity index (χ0n) is 11.9. The Kier molecular flexibility index (Phi) is 4.54. The molecule has 0 aromatic carbocycles. The molecule has 2 heterocycles. The summed E-state index contributed by atoms with van der Waals surface area (Å²) in [6, 6.07) is 0.314. The molecule has 9 nitrogen and oxygen atoms in total. The molecule has 0 amide bonds. The number of carbonyl (C=O) groups is 2. The number of anilines is 1. The van der Waals surface area contributed by atoms with Crippen molar-refractivity contribution in [2.24, 2.45) is 0 Å². The second kappa shape index (κ2) is 6.37. The number of esters is 1. The molecule has 1 atom stereocenters. The predicted molar refractivity (Wildman–Crippen MR) is 74.9 cm³/mol. The largest absolute Gasteiger partial charge is 0.480 e. The molecule has 22 heavy (non-hydrogen) atoms. The van der Waals surface area contributed by atoms with E-state index in [1.165, 1.54) is 17.2 Å². The fourth-order valence-electron chi connectivity index (χ4n) is 2.48. The van der Waals surface area contributed by atoms with Crippen molar-refractivity contribution < 1.29 is 24.4 Å². The van der Waals surface area contributed by atoms with Crippen LogP contribution in [-0.4, -0.2) is 46.1 Å². The molecule has 118 valence electrons. The zero-order chi connectivity index (χ0) is 16.3. The van der Waals surface area contributed by atoms with Gasteiger partial charge in [0, 0.05) is 12.7 Å². The number of hydrogen-bond acceptors (Lipinski definition) is 7. The van der Waals surface area contributed by atoms with Gasteiger partial charge in [-0.1, -0.05) is 0 Å². The quantitative estimate of drug-likeness (QED) is 0.489. The highest BCUT2D eigenvalue weighted by Gasteiger charge is 2.37. The lowest BCUT2D eigenvalue weighted by Gasteiger charge is -2.22. The van der Waals surface area contributed by atoms with Crippen molar-refractivity contribution in [2.45, 2.75) is 25.8 Å². The van der Waals surface area contributed by atoms with Gasteiger partial charge in [0.25, 0.3) is 0 Å². The lowest BCUT2D eigenvalue weighted by Crippen LogP contribution is -2.37. The van der Waals surface area contributed by atoms with E-state index in [-0.39, 0.29) is 18.0 Å². The Morgan fingerprint density at radius 3 is 2.91 bits per heavy atom. The van der Waals surface area contributed by atoms with Crippen LogP contribution in [0.15, 0.2) is 12.3 Å². The standard InChI is InChI=1S/C13H15N3O6/c1-2-22-13(19)8-5-6-14-11(10(8)16(20)21)15-7-3-4-9(15)12(17)18/h5-6,9H,2-4,7H2,1H3,(H,17,18).